The highest BCUT2D eigenvalue weighted by Gasteiger charge is 2.21. The molecule has 1 atom stereocenters. The number of allylic oxidation sites excluding steroid dienone is 2. The summed E-state index contributed by atoms with van der Waals surface area (Å²) in [5.74, 6) is -0.710. The number of fused-ring (bicyclic) bond motifs is 2. The van der Waals surface area contributed by atoms with Crippen molar-refractivity contribution in [2.75, 3.05) is 0 Å². The molecule has 0 saturated carbocycles. The Labute approximate surface area is 115 Å². The summed E-state index contributed by atoms with van der Waals surface area (Å²) in [6.07, 6.45) is 7.64. The Morgan fingerprint density at radius 3 is 2.95 bits per heavy atom. The fourth-order valence-electron chi connectivity index (χ4n) is 2.50. The first-order valence-electron chi connectivity index (χ1n) is 6.41. The van der Waals surface area contributed by atoms with Gasteiger partial charge in [0.15, 0.2) is 0 Å². The predicted molar refractivity (Wildman–Crippen MR) is 72.5 cm³/mol. The molecule has 0 radical (unpaired) electrons. The lowest BCUT2D eigenvalue weighted by Gasteiger charge is -2.25. The first kappa shape index (κ1) is 12.7. The molecule has 0 aromatic heterocycles. The Morgan fingerprint density at radius 2 is 2.15 bits per heavy atom. The number of carboxylic acids is 1. The van der Waals surface area contributed by atoms with Gasteiger partial charge in [-0.1, -0.05) is 24.3 Å². The average molecular weight is 272 g/mol. The Hall–Kier alpha value is -2.36. The molecular weight excluding hydrogens is 259 g/mol. The normalized spacial score (nSPS) is 19.4. The third-order valence-electron chi connectivity index (χ3n) is 3.41. The minimum absolute atomic E-state index is 0.0348. The lowest BCUT2D eigenvalue weighted by Crippen LogP contribution is -2.38. The predicted octanol–water partition coefficient (Wildman–Crippen LogP) is 1.47. The minimum atomic E-state index is -0.895. The molecular formula is C16H13FO3. The number of carboxylic acid groups (broad SMARTS) is 1. The van der Waals surface area contributed by atoms with E-state index in [-0.39, 0.29) is 24.8 Å². The van der Waals surface area contributed by atoms with E-state index in [1.54, 1.807) is 6.07 Å². The quantitative estimate of drug-likeness (QED) is 0.906. The first-order valence-corrected chi connectivity index (χ1v) is 6.41. The van der Waals surface area contributed by atoms with Crippen LogP contribution in [0.5, 0.6) is 0 Å². The molecule has 2 aliphatic rings. The second-order valence-electron chi connectivity index (χ2n) is 4.74. The third kappa shape index (κ3) is 2.25. The molecule has 20 heavy (non-hydrogen) atoms. The third-order valence-corrected chi connectivity index (χ3v) is 3.41. The summed E-state index contributed by atoms with van der Waals surface area (Å²) in [4.78, 5) is 10.7. The summed E-state index contributed by atoms with van der Waals surface area (Å²) >= 11 is 0. The van der Waals surface area contributed by atoms with E-state index >= 15 is 0 Å². The number of halogens is 1. The van der Waals surface area contributed by atoms with E-state index < -0.39 is 5.97 Å². The highest BCUT2D eigenvalue weighted by Crippen LogP contribution is 2.22. The zero-order valence-corrected chi connectivity index (χ0v) is 10.7. The van der Waals surface area contributed by atoms with Gasteiger partial charge >= 0.3 is 5.97 Å². The average Bonchev–Trinajstić information content (AvgIpc) is 2.44. The maximum absolute atomic E-state index is 13.5. The number of aliphatic carboxylic acids is 1. The van der Waals surface area contributed by atoms with Gasteiger partial charge in [-0.25, -0.2) is 4.39 Å². The molecule has 1 aliphatic heterocycles. The van der Waals surface area contributed by atoms with E-state index in [1.807, 2.05) is 24.3 Å². The van der Waals surface area contributed by atoms with Crippen LogP contribution in [0.25, 0.3) is 11.3 Å². The zero-order chi connectivity index (χ0) is 14.1. The number of hydrogen-bond acceptors (Lipinski definition) is 2. The van der Waals surface area contributed by atoms with Crippen molar-refractivity contribution in [3.05, 3.63) is 58.8 Å². The van der Waals surface area contributed by atoms with Gasteiger partial charge in [0.05, 0.1) is 6.42 Å². The maximum Gasteiger partial charge on any atom is 0.303 e. The molecule has 0 amide bonds. The molecule has 1 N–H and O–H groups in total. The van der Waals surface area contributed by atoms with E-state index in [0.29, 0.717) is 11.0 Å². The van der Waals surface area contributed by atoms with Crippen LogP contribution in [0.15, 0.2) is 42.5 Å². The van der Waals surface area contributed by atoms with E-state index in [0.717, 1.165) is 10.8 Å². The molecule has 3 rings (SSSR count). The minimum Gasteiger partial charge on any atom is -0.485 e. The second kappa shape index (κ2) is 4.96. The van der Waals surface area contributed by atoms with E-state index in [4.69, 9.17) is 9.84 Å². The summed E-state index contributed by atoms with van der Waals surface area (Å²) in [7, 11) is 0. The Bertz CT molecular complexity index is 743. The van der Waals surface area contributed by atoms with Gasteiger partial charge in [0.2, 0.25) is 0 Å². The SMILES string of the molecule is O=C(O)CCC1=c2cc(F)ccc2=C2C=CC=CC2O1. The number of ether oxygens (including phenoxy) is 1. The first-order chi connectivity index (χ1) is 9.65. The number of hydrogen-bond donors (Lipinski definition) is 1. The number of rotatable bonds is 3. The lowest BCUT2D eigenvalue weighted by molar-refractivity contribution is -0.137. The molecule has 3 nitrogen and oxygen atoms in total. The van der Waals surface area contributed by atoms with Crippen molar-refractivity contribution in [2.24, 2.45) is 0 Å². The summed E-state index contributed by atoms with van der Waals surface area (Å²) in [6, 6.07) is 4.54. The van der Waals surface area contributed by atoms with Crippen LogP contribution in [-0.2, 0) is 9.53 Å². The summed E-state index contributed by atoms with van der Waals surface area (Å²) in [5.41, 5.74) is 0.974. The van der Waals surface area contributed by atoms with Gasteiger partial charge in [0, 0.05) is 17.2 Å². The number of benzene rings is 1. The van der Waals surface area contributed by atoms with Crippen LogP contribution in [0.4, 0.5) is 4.39 Å². The summed E-state index contributed by atoms with van der Waals surface area (Å²) in [6.45, 7) is 0. The Balaban J connectivity index is 2.20. The largest absolute Gasteiger partial charge is 0.485 e. The van der Waals surface area contributed by atoms with Crippen LogP contribution in [-0.4, -0.2) is 17.2 Å². The molecule has 0 spiro atoms. The topological polar surface area (TPSA) is 46.5 Å². The van der Waals surface area contributed by atoms with E-state index in [9.17, 15) is 9.18 Å². The molecule has 1 heterocycles. The van der Waals surface area contributed by atoms with Crippen LogP contribution in [0.2, 0.25) is 0 Å². The highest BCUT2D eigenvalue weighted by atomic mass is 19.1. The van der Waals surface area contributed by atoms with Crippen LogP contribution < -0.4 is 10.4 Å². The van der Waals surface area contributed by atoms with Crippen molar-refractivity contribution >= 4 is 17.3 Å². The maximum atomic E-state index is 13.5. The van der Waals surface area contributed by atoms with Crippen LogP contribution >= 0.6 is 0 Å². The van der Waals surface area contributed by atoms with Crippen molar-refractivity contribution < 1.29 is 19.0 Å². The standard InChI is InChI=1S/C16H13FO3/c17-10-5-6-11-12-3-1-2-4-14(12)20-15(13(11)9-10)7-8-16(18)19/h1-6,9,14H,7-8H2,(H,18,19). The zero-order valence-electron chi connectivity index (χ0n) is 10.7. The second-order valence-corrected chi connectivity index (χ2v) is 4.74. The van der Waals surface area contributed by atoms with Gasteiger partial charge in [-0.05, 0) is 23.4 Å². The van der Waals surface area contributed by atoms with Gasteiger partial charge in [0.25, 0.3) is 0 Å². The summed E-state index contributed by atoms with van der Waals surface area (Å²) < 4.78 is 19.3. The monoisotopic (exact) mass is 272 g/mol. The van der Waals surface area contributed by atoms with Crippen molar-refractivity contribution in [3.8, 4) is 0 Å². The molecule has 1 aromatic rings. The Morgan fingerprint density at radius 1 is 1.30 bits per heavy atom. The molecule has 0 fully saturated rings. The molecule has 4 heteroatoms. The van der Waals surface area contributed by atoms with Gasteiger partial charge in [-0.2, -0.15) is 0 Å². The fraction of sp³-hybridized carbons (Fsp3) is 0.188. The van der Waals surface area contributed by atoms with Gasteiger partial charge in [0.1, 0.15) is 17.7 Å². The highest BCUT2D eigenvalue weighted by molar-refractivity contribution is 5.71. The van der Waals surface area contributed by atoms with Crippen molar-refractivity contribution in [3.63, 3.8) is 0 Å². The van der Waals surface area contributed by atoms with Crippen molar-refractivity contribution in [2.45, 2.75) is 18.9 Å². The lowest BCUT2D eigenvalue weighted by atomic mass is 9.97. The van der Waals surface area contributed by atoms with E-state index in [2.05, 4.69) is 0 Å². The van der Waals surface area contributed by atoms with Gasteiger partial charge < -0.3 is 9.84 Å². The summed E-state index contributed by atoms with van der Waals surface area (Å²) in [5, 5.41) is 10.4. The van der Waals surface area contributed by atoms with Crippen molar-refractivity contribution in [1.82, 2.24) is 0 Å². The van der Waals surface area contributed by atoms with Crippen LogP contribution in [0.3, 0.4) is 0 Å². The smallest absolute Gasteiger partial charge is 0.303 e. The van der Waals surface area contributed by atoms with Crippen LogP contribution in [0, 0.1) is 5.82 Å². The molecule has 0 saturated heterocycles. The molecule has 102 valence electrons. The molecule has 1 aliphatic carbocycles. The number of carbonyl (C=O) groups is 1. The molecule has 0 bridgehead atoms. The van der Waals surface area contributed by atoms with Gasteiger partial charge in [-0.3, -0.25) is 4.79 Å². The van der Waals surface area contributed by atoms with Gasteiger partial charge in [-0.15, -0.1) is 0 Å². The Kier molecular flexibility index (Phi) is 3.14. The van der Waals surface area contributed by atoms with Crippen LogP contribution in [0.1, 0.15) is 12.8 Å². The van der Waals surface area contributed by atoms with Crippen molar-refractivity contribution in [1.29, 1.82) is 0 Å². The fourth-order valence-corrected chi connectivity index (χ4v) is 2.50. The molecule has 1 unspecified atom stereocenters. The van der Waals surface area contributed by atoms with E-state index in [1.165, 1.54) is 12.1 Å². The molecule has 1 aromatic carbocycles.